The molecule has 1 aliphatic rings. The van der Waals surface area contributed by atoms with Crippen molar-refractivity contribution in [2.24, 2.45) is 0 Å². The van der Waals surface area contributed by atoms with Crippen LogP contribution >= 0.6 is 16.1 Å². The average molecular weight is 317 g/mol. The van der Waals surface area contributed by atoms with Crippen molar-refractivity contribution in [3.05, 3.63) is 12.4 Å². The Hall–Kier alpha value is -0.180. The summed E-state index contributed by atoms with van der Waals surface area (Å²) in [6.45, 7) is 4.48. The summed E-state index contributed by atoms with van der Waals surface area (Å²) in [5, 5.41) is 0. The van der Waals surface area contributed by atoms with Gasteiger partial charge in [0, 0.05) is 18.9 Å². The molecule has 0 unspecified atom stereocenters. The number of unbranched alkanes of at least 4 members (excludes halogenated alkanes) is 9. The van der Waals surface area contributed by atoms with Gasteiger partial charge in [-0.2, -0.15) is 0 Å². The van der Waals surface area contributed by atoms with E-state index in [1.165, 1.54) is 70.8 Å². The molecule has 0 fully saturated rings. The van der Waals surface area contributed by atoms with Crippen LogP contribution in [0.25, 0.3) is 0 Å². The average Bonchev–Trinajstić information content (AvgIpc) is 2.77. The number of halogens is 1. The molecule has 0 spiro atoms. The lowest BCUT2D eigenvalue weighted by atomic mass is 10.1. The van der Waals surface area contributed by atoms with E-state index in [4.69, 9.17) is 0 Å². The van der Waals surface area contributed by atoms with Crippen molar-refractivity contribution in [3.8, 4) is 0 Å². The van der Waals surface area contributed by atoms with E-state index in [0.717, 1.165) is 6.67 Å². The molecular formula is C15H29BrN2. The van der Waals surface area contributed by atoms with Crippen molar-refractivity contribution < 1.29 is 0 Å². The summed E-state index contributed by atoms with van der Waals surface area (Å²) >= 11 is 3.45. The maximum absolute atomic E-state index is 3.45. The van der Waals surface area contributed by atoms with Crippen LogP contribution in [0, 0.1) is 0 Å². The van der Waals surface area contributed by atoms with Gasteiger partial charge in [-0.25, -0.2) is 0 Å². The summed E-state index contributed by atoms with van der Waals surface area (Å²) in [7, 11) is 0. The summed E-state index contributed by atoms with van der Waals surface area (Å²) in [6.07, 6.45) is 18.4. The zero-order valence-electron chi connectivity index (χ0n) is 11.9. The molecule has 0 atom stereocenters. The highest BCUT2D eigenvalue weighted by molar-refractivity contribution is 9.07. The smallest absolute Gasteiger partial charge is 0.100 e. The van der Waals surface area contributed by atoms with Gasteiger partial charge in [-0.05, 0) is 6.42 Å². The van der Waals surface area contributed by atoms with Gasteiger partial charge >= 0.3 is 0 Å². The SMILES string of the molecule is CCCCCCCCCCCCN1C=CN(Br)C1. The molecule has 0 amide bonds. The van der Waals surface area contributed by atoms with E-state index in [1.54, 1.807) is 0 Å². The van der Waals surface area contributed by atoms with Crippen LogP contribution in [0.5, 0.6) is 0 Å². The Bertz CT molecular complexity index is 219. The van der Waals surface area contributed by atoms with Gasteiger partial charge in [0.25, 0.3) is 0 Å². The molecule has 1 aliphatic heterocycles. The van der Waals surface area contributed by atoms with Crippen molar-refractivity contribution in [1.82, 2.24) is 8.83 Å². The van der Waals surface area contributed by atoms with E-state index in [1.807, 2.05) is 3.93 Å². The van der Waals surface area contributed by atoms with Crippen LogP contribution in [0.2, 0.25) is 0 Å². The lowest BCUT2D eigenvalue weighted by Crippen LogP contribution is -2.20. The fraction of sp³-hybridized carbons (Fsp3) is 0.867. The Morgan fingerprint density at radius 2 is 1.39 bits per heavy atom. The summed E-state index contributed by atoms with van der Waals surface area (Å²) in [6, 6.07) is 0. The second-order valence-corrected chi connectivity index (χ2v) is 6.24. The predicted molar refractivity (Wildman–Crippen MR) is 83.3 cm³/mol. The van der Waals surface area contributed by atoms with E-state index >= 15 is 0 Å². The lowest BCUT2D eigenvalue weighted by molar-refractivity contribution is 0.340. The molecule has 0 N–H and O–H groups in total. The first-order valence-electron chi connectivity index (χ1n) is 7.67. The number of rotatable bonds is 11. The van der Waals surface area contributed by atoms with E-state index in [9.17, 15) is 0 Å². The fourth-order valence-electron chi connectivity index (χ4n) is 2.38. The maximum Gasteiger partial charge on any atom is 0.100 e. The molecule has 2 nitrogen and oxygen atoms in total. The summed E-state index contributed by atoms with van der Waals surface area (Å²) in [4.78, 5) is 2.36. The second-order valence-electron chi connectivity index (χ2n) is 5.33. The van der Waals surface area contributed by atoms with Crippen LogP contribution in [0.4, 0.5) is 0 Å². The third kappa shape index (κ3) is 8.02. The first kappa shape index (κ1) is 15.9. The lowest BCUT2D eigenvalue weighted by Gasteiger charge is -2.16. The zero-order valence-corrected chi connectivity index (χ0v) is 13.5. The van der Waals surface area contributed by atoms with Gasteiger partial charge in [0.2, 0.25) is 0 Å². The molecule has 0 aliphatic carbocycles. The molecule has 0 aromatic carbocycles. The predicted octanol–water partition coefficient (Wildman–Crippen LogP) is 5.26. The van der Waals surface area contributed by atoms with Gasteiger partial charge in [-0.3, -0.25) is 3.93 Å². The van der Waals surface area contributed by atoms with Crippen LogP contribution in [0.15, 0.2) is 12.4 Å². The van der Waals surface area contributed by atoms with Gasteiger partial charge in [0.1, 0.15) is 6.67 Å². The summed E-state index contributed by atoms with van der Waals surface area (Å²) < 4.78 is 2.04. The van der Waals surface area contributed by atoms with Crippen LogP contribution in [0.1, 0.15) is 71.1 Å². The van der Waals surface area contributed by atoms with E-state index in [2.05, 4.69) is 40.4 Å². The van der Waals surface area contributed by atoms with Crippen molar-refractivity contribution in [2.75, 3.05) is 13.2 Å². The van der Waals surface area contributed by atoms with Crippen molar-refractivity contribution in [2.45, 2.75) is 71.1 Å². The Morgan fingerprint density at radius 3 is 1.89 bits per heavy atom. The van der Waals surface area contributed by atoms with Crippen LogP contribution in [0.3, 0.4) is 0 Å². The molecule has 0 aromatic rings. The minimum atomic E-state index is 0.997. The van der Waals surface area contributed by atoms with Gasteiger partial charge in [0.05, 0.1) is 16.1 Å². The second kappa shape index (κ2) is 10.7. The molecule has 1 rings (SSSR count). The Morgan fingerprint density at radius 1 is 0.833 bits per heavy atom. The molecule has 0 aromatic heterocycles. The molecule has 18 heavy (non-hydrogen) atoms. The molecule has 3 heteroatoms. The monoisotopic (exact) mass is 316 g/mol. The van der Waals surface area contributed by atoms with Crippen LogP contribution < -0.4 is 0 Å². The zero-order chi connectivity index (χ0) is 13.1. The van der Waals surface area contributed by atoms with E-state index < -0.39 is 0 Å². The molecule has 1 heterocycles. The fourth-order valence-corrected chi connectivity index (χ4v) is 2.78. The molecular weight excluding hydrogens is 288 g/mol. The molecule has 0 saturated heterocycles. The molecule has 0 radical (unpaired) electrons. The van der Waals surface area contributed by atoms with Gasteiger partial charge in [-0.1, -0.05) is 64.7 Å². The van der Waals surface area contributed by atoms with Gasteiger partial charge in [0.15, 0.2) is 0 Å². The third-order valence-electron chi connectivity index (χ3n) is 3.55. The van der Waals surface area contributed by atoms with Crippen LogP contribution in [-0.2, 0) is 0 Å². The first-order chi connectivity index (χ1) is 8.83. The minimum absolute atomic E-state index is 0.997. The largest absolute Gasteiger partial charge is 0.358 e. The van der Waals surface area contributed by atoms with Crippen molar-refractivity contribution >= 4 is 16.1 Å². The van der Waals surface area contributed by atoms with E-state index in [-0.39, 0.29) is 0 Å². The summed E-state index contributed by atoms with van der Waals surface area (Å²) in [5.74, 6) is 0. The molecule has 106 valence electrons. The van der Waals surface area contributed by atoms with E-state index in [0.29, 0.717) is 0 Å². The topological polar surface area (TPSA) is 6.48 Å². The molecule has 0 saturated carbocycles. The van der Waals surface area contributed by atoms with Gasteiger partial charge < -0.3 is 4.90 Å². The maximum atomic E-state index is 3.45. The Kier molecular flexibility index (Phi) is 9.45. The van der Waals surface area contributed by atoms with Crippen molar-refractivity contribution in [1.29, 1.82) is 0 Å². The number of nitrogens with zero attached hydrogens (tertiary/aromatic N) is 2. The number of hydrogen-bond acceptors (Lipinski definition) is 2. The number of hydrogen-bond donors (Lipinski definition) is 0. The van der Waals surface area contributed by atoms with Crippen molar-refractivity contribution in [3.63, 3.8) is 0 Å². The van der Waals surface area contributed by atoms with Gasteiger partial charge in [-0.15, -0.1) is 0 Å². The Balaban J connectivity index is 1.75. The highest BCUT2D eigenvalue weighted by Gasteiger charge is 2.08. The minimum Gasteiger partial charge on any atom is -0.358 e. The third-order valence-corrected chi connectivity index (χ3v) is 4.02. The quantitative estimate of drug-likeness (QED) is 0.379. The standard InChI is InChI=1S/C15H29BrN2/c1-2-3-4-5-6-7-8-9-10-11-12-17-13-14-18(16)15-17/h13-14H,2-12,15H2,1H3. The first-order valence-corrected chi connectivity index (χ1v) is 8.38. The summed E-state index contributed by atoms with van der Waals surface area (Å²) in [5.41, 5.74) is 0. The normalized spacial score (nSPS) is 14.8. The Labute approximate surface area is 122 Å². The highest BCUT2D eigenvalue weighted by Crippen LogP contribution is 2.13. The molecule has 0 bridgehead atoms. The van der Waals surface area contributed by atoms with Crippen LogP contribution in [-0.4, -0.2) is 22.0 Å². The highest BCUT2D eigenvalue weighted by atomic mass is 79.9.